The van der Waals surface area contributed by atoms with Gasteiger partial charge in [-0.3, -0.25) is 0 Å². The molecule has 0 spiro atoms. The van der Waals surface area contributed by atoms with Crippen molar-refractivity contribution >= 4 is 33.9 Å². The number of methoxy groups -OCH3 is 1. The Morgan fingerprint density at radius 3 is 2.62 bits per heavy atom. The van der Waals surface area contributed by atoms with Crippen LogP contribution in [0.2, 0.25) is 0 Å². The molecule has 2 aromatic rings. The fraction of sp³-hybridized carbons (Fsp3) is 0.684. The highest BCUT2D eigenvalue weighted by molar-refractivity contribution is 14.1. The van der Waals surface area contributed by atoms with Crippen molar-refractivity contribution in [3.63, 3.8) is 0 Å². The van der Waals surface area contributed by atoms with Gasteiger partial charge < -0.3 is 14.0 Å². The van der Waals surface area contributed by atoms with Gasteiger partial charge in [-0.25, -0.2) is 0 Å². The quantitative estimate of drug-likeness (QED) is 0.425. The molecule has 3 aliphatic carbocycles. The maximum atomic E-state index is 5.86. The average molecular weight is 485 g/mol. The molecule has 0 bridgehead atoms. The third kappa shape index (κ3) is 2.86. The lowest BCUT2D eigenvalue weighted by Crippen LogP contribution is -2.48. The molecule has 3 aliphatic rings. The average Bonchev–Trinajstić information content (AvgIpc) is 3.16. The summed E-state index contributed by atoms with van der Waals surface area (Å²) in [4.78, 5) is 1.41. The summed E-state index contributed by atoms with van der Waals surface area (Å²) in [6.07, 6.45) is 8.61. The van der Waals surface area contributed by atoms with Gasteiger partial charge in [-0.05, 0) is 73.2 Å². The van der Waals surface area contributed by atoms with Gasteiger partial charge in [-0.15, -0.1) is 21.5 Å². The Balaban J connectivity index is 1.53. The zero-order chi connectivity index (χ0) is 17.7. The minimum absolute atomic E-state index is 0.0376. The molecule has 5 rings (SSSR count). The first-order valence-corrected chi connectivity index (χ1v) is 11.4. The summed E-state index contributed by atoms with van der Waals surface area (Å²) in [7, 11) is 1.68. The Labute approximate surface area is 171 Å². The van der Waals surface area contributed by atoms with E-state index in [4.69, 9.17) is 19.7 Å². The lowest BCUT2D eigenvalue weighted by atomic mass is 9.65. The molecule has 2 aromatic heterocycles. The number of nitrogens with zero attached hydrogens (tertiary/aromatic N) is 3. The van der Waals surface area contributed by atoms with E-state index >= 15 is 0 Å². The van der Waals surface area contributed by atoms with Crippen LogP contribution >= 0.6 is 33.9 Å². The molecule has 0 unspecified atom stereocenters. The minimum atomic E-state index is -0.0376. The van der Waals surface area contributed by atoms with E-state index in [0.717, 1.165) is 12.8 Å². The predicted octanol–water partition coefficient (Wildman–Crippen LogP) is 4.62. The zero-order valence-electron chi connectivity index (χ0n) is 15.0. The van der Waals surface area contributed by atoms with E-state index in [1.54, 1.807) is 7.11 Å². The molecule has 0 aromatic carbocycles. The molecule has 0 radical (unpaired) electrons. The molecule has 3 fully saturated rings. The standard InChI is InChI=1S/C19H24IN3O2S/c1-24-11-25-14-9-19(10-14,15-7-8-16(20)26-15)18-22-21-17(12-3-2-4-12)23(18)13-5-6-13/h7-8,12-14H,2-6,9-11H2,1H3. The SMILES string of the molecule is COCOC1CC(c2ccc(I)s2)(c2nnc(C3CCC3)n2C2CC2)C1. The van der Waals surface area contributed by atoms with E-state index < -0.39 is 0 Å². The van der Waals surface area contributed by atoms with Gasteiger partial charge in [0.2, 0.25) is 0 Å². The molecule has 0 N–H and O–H groups in total. The number of rotatable bonds is 7. The molecule has 7 heteroatoms. The van der Waals surface area contributed by atoms with Crippen molar-refractivity contribution in [2.45, 2.75) is 68.4 Å². The highest BCUT2D eigenvalue weighted by Gasteiger charge is 2.53. The van der Waals surface area contributed by atoms with Gasteiger partial charge in [0.25, 0.3) is 0 Å². The first-order valence-electron chi connectivity index (χ1n) is 9.53. The van der Waals surface area contributed by atoms with Crippen LogP contribution < -0.4 is 0 Å². The summed E-state index contributed by atoms with van der Waals surface area (Å²) in [5.74, 6) is 3.07. The summed E-state index contributed by atoms with van der Waals surface area (Å²) in [5.41, 5.74) is -0.0376. The van der Waals surface area contributed by atoms with Crippen molar-refractivity contribution in [3.05, 3.63) is 31.5 Å². The molecule has 5 nitrogen and oxygen atoms in total. The Kier molecular flexibility index (Phi) is 4.62. The Hall–Kier alpha value is -0.510. The highest BCUT2D eigenvalue weighted by Crippen LogP contribution is 2.54. The second-order valence-corrected chi connectivity index (χ2v) is 10.9. The van der Waals surface area contributed by atoms with Crippen molar-refractivity contribution in [1.29, 1.82) is 0 Å². The molecule has 2 heterocycles. The lowest BCUT2D eigenvalue weighted by Gasteiger charge is -2.46. The van der Waals surface area contributed by atoms with Crippen molar-refractivity contribution in [2.75, 3.05) is 13.9 Å². The van der Waals surface area contributed by atoms with Gasteiger partial charge in [0, 0.05) is 23.9 Å². The number of thiophene rings is 1. The van der Waals surface area contributed by atoms with Gasteiger partial charge in [0.1, 0.15) is 18.4 Å². The van der Waals surface area contributed by atoms with Gasteiger partial charge in [0.15, 0.2) is 0 Å². The van der Waals surface area contributed by atoms with E-state index in [0.29, 0.717) is 18.8 Å². The van der Waals surface area contributed by atoms with Crippen LogP contribution in [-0.4, -0.2) is 34.8 Å². The maximum absolute atomic E-state index is 5.86. The van der Waals surface area contributed by atoms with Crippen LogP contribution in [0.15, 0.2) is 12.1 Å². The minimum Gasteiger partial charge on any atom is -0.359 e. The van der Waals surface area contributed by atoms with Crippen molar-refractivity contribution in [1.82, 2.24) is 14.8 Å². The molecule has 0 saturated heterocycles. The summed E-state index contributed by atoms with van der Waals surface area (Å²) in [6, 6.07) is 5.12. The summed E-state index contributed by atoms with van der Waals surface area (Å²) < 4.78 is 14.8. The van der Waals surface area contributed by atoms with E-state index in [-0.39, 0.29) is 11.5 Å². The predicted molar refractivity (Wildman–Crippen MR) is 109 cm³/mol. The molecule has 26 heavy (non-hydrogen) atoms. The van der Waals surface area contributed by atoms with Crippen LogP contribution in [0.4, 0.5) is 0 Å². The van der Waals surface area contributed by atoms with Gasteiger partial charge in [0.05, 0.1) is 14.4 Å². The monoisotopic (exact) mass is 485 g/mol. The number of ether oxygens (including phenoxy) is 2. The van der Waals surface area contributed by atoms with Crippen molar-refractivity contribution in [2.24, 2.45) is 0 Å². The summed E-state index contributed by atoms with van der Waals surface area (Å²) >= 11 is 4.31. The van der Waals surface area contributed by atoms with Crippen molar-refractivity contribution in [3.8, 4) is 0 Å². The summed E-state index contributed by atoms with van der Waals surface area (Å²) in [6.45, 7) is 0.366. The molecule has 0 atom stereocenters. The van der Waals surface area contributed by atoms with Crippen molar-refractivity contribution < 1.29 is 9.47 Å². The molecular weight excluding hydrogens is 461 g/mol. The zero-order valence-corrected chi connectivity index (χ0v) is 18.0. The Bertz CT molecular complexity index is 791. The first-order chi connectivity index (χ1) is 12.7. The van der Waals surface area contributed by atoms with Crippen LogP contribution in [0.25, 0.3) is 0 Å². The van der Waals surface area contributed by atoms with Gasteiger partial charge >= 0.3 is 0 Å². The van der Waals surface area contributed by atoms with Crippen LogP contribution in [0, 0.1) is 2.88 Å². The van der Waals surface area contributed by atoms with Crippen LogP contribution in [0.3, 0.4) is 0 Å². The normalized spacial score (nSPS) is 28.8. The fourth-order valence-corrected chi connectivity index (χ4v) is 6.16. The third-order valence-electron chi connectivity index (χ3n) is 6.15. The molecule has 0 aliphatic heterocycles. The van der Waals surface area contributed by atoms with E-state index in [1.807, 2.05) is 11.3 Å². The number of aromatic nitrogens is 3. The first kappa shape index (κ1) is 17.6. The smallest absolute Gasteiger partial charge is 0.146 e. The third-order valence-corrected chi connectivity index (χ3v) is 8.25. The van der Waals surface area contributed by atoms with Gasteiger partial charge in [-0.1, -0.05) is 6.42 Å². The molecular formula is C19H24IN3O2S. The van der Waals surface area contributed by atoms with E-state index in [2.05, 4.69) is 39.3 Å². The fourth-order valence-electron chi connectivity index (χ4n) is 4.33. The largest absolute Gasteiger partial charge is 0.359 e. The summed E-state index contributed by atoms with van der Waals surface area (Å²) in [5, 5.41) is 9.52. The second kappa shape index (κ2) is 6.83. The number of halogens is 1. The van der Waals surface area contributed by atoms with Gasteiger partial charge in [-0.2, -0.15) is 0 Å². The van der Waals surface area contributed by atoms with E-state index in [9.17, 15) is 0 Å². The Morgan fingerprint density at radius 2 is 2.04 bits per heavy atom. The van der Waals surface area contributed by atoms with Crippen LogP contribution in [0.1, 0.15) is 73.4 Å². The van der Waals surface area contributed by atoms with Crippen LogP contribution in [0.5, 0.6) is 0 Å². The van der Waals surface area contributed by atoms with E-state index in [1.165, 1.54) is 51.5 Å². The molecule has 140 valence electrons. The topological polar surface area (TPSA) is 49.2 Å². The second-order valence-electron chi connectivity index (χ2n) is 7.90. The number of hydrogen-bond acceptors (Lipinski definition) is 5. The lowest BCUT2D eigenvalue weighted by molar-refractivity contribution is -0.116. The maximum Gasteiger partial charge on any atom is 0.146 e. The molecule has 0 amide bonds. The Morgan fingerprint density at radius 1 is 1.23 bits per heavy atom. The highest BCUT2D eigenvalue weighted by atomic mass is 127. The van der Waals surface area contributed by atoms with Crippen LogP contribution in [-0.2, 0) is 14.9 Å². The number of hydrogen-bond donors (Lipinski definition) is 0. The molecule has 3 saturated carbocycles.